The van der Waals surface area contributed by atoms with Crippen molar-refractivity contribution in [2.75, 3.05) is 7.11 Å². The summed E-state index contributed by atoms with van der Waals surface area (Å²) in [5.41, 5.74) is 0. The Labute approximate surface area is 105 Å². The summed E-state index contributed by atoms with van der Waals surface area (Å²) in [5, 5.41) is 3.55. The van der Waals surface area contributed by atoms with Gasteiger partial charge in [0, 0.05) is 12.1 Å². The highest BCUT2D eigenvalue weighted by Gasteiger charge is 2.22. The van der Waals surface area contributed by atoms with Crippen molar-refractivity contribution in [3.63, 3.8) is 0 Å². The molecule has 0 aliphatic heterocycles. The fourth-order valence-corrected chi connectivity index (χ4v) is 2.82. The molecular weight excluding hydrogens is 214 g/mol. The van der Waals surface area contributed by atoms with Crippen molar-refractivity contribution in [1.29, 1.82) is 0 Å². The van der Waals surface area contributed by atoms with Crippen LogP contribution >= 0.6 is 0 Å². The molecule has 0 saturated heterocycles. The van der Waals surface area contributed by atoms with Crippen LogP contribution in [0, 0.1) is 5.92 Å². The Morgan fingerprint density at radius 3 is 2.53 bits per heavy atom. The van der Waals surface area contributed by atoms with Crippen LogP contribution in [-0.4, -0.2) is 25.2 Å². The van der Waals surface area contributed by atoms with Gasteiger partial charge >= 0.3 is 5.97 Å². The average molecular weight is 241 g/mol. The Morgan fingerprint density at radius 1 is 1.35 bits per heavy atom. The lowest BCUT2D eigenvalue weighted by molar-refractivity contribution is -0.141. The summed E-state index contributed by atoms with van der Waals surface area (Å²) in [6.45, 7) is 4.33. The number of rotatable bonds is 6. The van der Waals surface area contributed by atoms with E-state index in [1.54, 1.807) is 0 Å². The van der Waals surface area contributed by atoms with Gasteiger partial charge in [-0.2, -0.15) is 0 Å². The highest BCUT2D eigenvalue weighted by molar-refractivity contribution is 5.69. The van der Waals surface area contributed by atoms with Crippen LogP contribution in [0.5, 0.6) is 0 Å². The van der Waals surface area contributed by atoms with Gasteiger partial charge < -0.3 is 10.1 Å². The molecule has 0 radical (unpaired) electrons. The van der Waals surface area contributed by atoms with Gasteiger partial charge in [-0.15, -0.1) is 0 Å². The third kappa shape index (κ3) is 5.53. The first-order valence-electron chi connectivity index (χ1n) is 6.98. The number of esters is 1. The summed E-state index contributed by atoms with van der Waals surface area (Å²) in [6.07, 6.45) is 8.37. The third-order valence-corrected chi connectivity index (χ3v) is 3.76. The van der Waals surface area contributed by atoms with E-state index >= 15 is 0 Å². The second-order valence-electron chi connectivity index (χ2n) is 5.35. The molecule has 1 fully saturated rings. The van der Waals surface area contributed by atoms with Crippen LogP contribution in [0.25, 0.3) is 0 Å². The van der Waals surface area contributed by atoms with E-state index in [4.69, 9.17) is 0 Å². The molecule has 0 bridgehead atoms. The Balaban J connectivity index is 2.19. The number of nitrogens with one attached hydrogen (secondary N) is 1. The molecule has 0 aromatic heterocycles. The zero-order chi connectivity index (χ0) is 12.7. The smallest absolute Gasteiger partial charge is 0.307 e. The van der Waals surface area contributed by atoms with Crippen molar-refractivity contribution in [2.45, 2.75) is 70.9 Å². The Morgan fingerprint density at radius 2 is 2.00 bits per heavy atom. The highest BCUT2D eigenvalue weighted by atomic mass is 16.5. The minimum atomic E-state index is -0.121. The molecule has 3 heteroatoms. The lowest BCUT2D eigenvalue weighted by Crippen LogP contribution is -2.40. The minimum absolute atomic E-state index is 0.121. The molecule has 3 nitrogen and oxygen atoms in total. The lowest BCUT2D eigenvalue weighted by atomic mass is 9.83. The molecule has 0 heterocycles. The largest absolute Gasteiger partial charge is 0.469 e. The molecule has 1 unspecified atom stereocenters. The molecule has 0 aromatic carbocycles. The molecule has 1 aliphatic carbocycles. The third-order valence-electron chi connectivity index (χ3n) is 3.76. The summed E-state index contributed by atoms with van der Waals surface area (Å²) in [4.78, 5) is 11.1. The van der Waals surface area contributed by atoms with Crippen molar-refractivity contribution < 1.29 is 9.53 Å². The first kappa shape index (κ1) is 14.5. The molecule has 1 atom stereocenters. The van der Waals surface area contributed by atoms with E-state index in [1.807, 2.05) is 0 Å². The number of methoxy groups -OCH3 is 1. The topological polar surface area (TPSA) is 38.3 Å². The molecule has 17 heavy (non-hydrogen) atoms. The fraction of sp³-hybridized carbons (Fsp3) is 0.929. The molecule has 0 amide bonds. The van der Waals surface area contributed by atoms with Gasteiger partial charge in [0.2, 0.25) is 0 Å². The maximum Gasteiger partial charge on any atom is 0.307 e. The molecule has 100 valence electrons. The second kappa shape index (κ2) is 7.70. The van der Waals surface area contributed by atoms with Gasteiger partial charge in [-0.3, -0.25) is 4.79 Å². The predicted molar refractivity (Wildman–Crippen MR) is 69.9 cm³/mol. The number of hydrogen-bond acceptors (Lipinski definition) is 3. The predicted octanol–water partition coefficient (Wildman–Crippen LogP) is 2.89. The van der Waals surface area contributed by atoms with Gasteiger partial charge in [-0.25, -0.2) is 0 Å². The summed E-state index contributed by atoms with van der Waals surface area (Å²) in [7, 11) is 1.45. The standard InChI is InChI=1S/C14H27NO2/c1-4-5-12-6-8-13(9-7-12)15-11(2)10-14(16)17-3/h11-13,15H,4-10H2,1-3H3. The van der Waals surface area contributed by atoms with E-state index < -0.39 is 0 Å². The van der Waals surface area contributed by atoms with E-state index in [9.17, 15) is 4.79 Å². The second-order valence-corrected chi connectivity index (χ2v) is 5.35. The van der Waals surface area contributed by atoms with Gasteiger partial charge in [0.25, 0.3) is 0 Å². The van der Waals surface area contributed by atoms with Gasteiger partial charge in [-0.05, 0) is 38.5 Å². The van der Waals surface area contributed by atoms with Gasteiger partial charge in [0.05, 0.1) is 13.5 Å². The maximum absolute atomic E-state index is 11.1. The SMILES string of the molecule is CCCC1CCC(NC(C)CC(=O)OC)CC1. The van der Waals surface area contributed by atoms with Gasteiger partial charge in [0.1, 0.15) is 0 Å². The molecule has 1 N–H and O–H groups in total. The number of ether oxygens (including phenoxy) is 1. The summed E-state index contributed by atoms with van der Waals surface area (Å²) >= 11 is 0. The van der Waals surface area contributed by atoms with Crippen LogP contribution in [0.4, 0.5) is 0 Å². The Kier molecular flexibility index (Phi) is 6.56. The zero-order valence-electron chi connectivity index (χ0n) is 11.5. The zero-order valence-corrected chi connectivity index (χ0v) is 11.5. The molecular formula is C14H27NO2. The number of hydrogen-bond donors (Lipinski definition) is 1. The summed E-state index contributed by atoms with van der Waals surface area (Å²) in [5.74, 6) is 0.818. The van der Waals surface area contributed by atoms with Crippen molar-refractivity contribution in [3.05, 3.63) is 0 Å². The maximum atomic E-state index is 11.1. The van der Waals surface area contributed by atoms with Crippen molar-refractivity contribution in [1.82, 2.24) is 5.32 Å². The van der Waals surface area contributed by atoms with E-state index in [0.717, 1.165) is 5.92 Å². The average Bonchev–Trinajstić information content (AvgIpc) is 2.31. The minimum Gasteiger partial charge on any atom is -0.469 e. The van der Waals surface area contributed by atoms with E-state index in [2.05, 4.69) is 23.9 Å². The molecule has 0 aromatic rings. The van der Waals surface area contributed by atoms with Gasteiger partial charge in [0.15, 0.2) is 0 Å². The first-order chi connectivity index (χ1) is 8.15. The number of carbonyl (C=O) groups excluding carboxylic acids is 1. The first-order valence-corrected chi connectivity index (χ1v) is 6.98. The quantitative estimate of drug-likeness (QED) is 0.727. The Bertz CT molecular complexity index is 222. The number of carbonyl (C=O) groups is 1. The summed E-state index contributed by atoms with van der Waals surface area (Å²) < 4.78 is 4.68. The van der Waals surface area contributed by atoms with Gasteiger partial charge in [-0.1, -0.05) is 19.8 Å². The summed E-state index contributed by atoms with van der Waals surface area (Å²) in [6, 6.07) is 0.831. The van der Waals surface area contributed by atoms with E-state index in [1.165, 1.54) is 45.6 Å². The highest BCUT2D eigenvalue weighted by Crippen LogP contribution is 2.27. The molecule has 1 saturated carbocycles. The lowest BCUT2D eigenvalue weighted by Gasteiger charge is -2.31. The van der Waals surface area contributed by atoms with E-state index in [-0.39, 0.29) is 12.0 Å². The van der Waals surface area contributed by atoms with Crippen LogP contribution in [0.1, 0.15) is 58.8 Å². The monoisotopic (exact) mass is 241 g/mol. The van der Waals surface area contributed by atoms with Crippen LogP contribution in [-0.2, 0) is 9.53 Å². The fourth-order valence-electron chi connectivity index (χ4n) is 2.82. The van der Waals surface area contributed by atoms with Crippen molar-refractivity contribution in [3.8, 4) is 0 Å². The van der Waals surface area contributed by atoms with Crippen LogP contribution in [0.3, 0.4) is 0 Å². The molecule has 1 aliphatic rings. The normalized spacial score (nSPS) is 26.5. The molecule has 1 rings (SSSR count). The molecule has 0 spiro atoms. The Hall–Kier alpha value is -0.570. The van der Waals surface area contributed by atoms with Crippen LogP contribution in [0.15, 0.2) is 0 Å². The van der Waals surface area contributed by atoms with Crippen molar-refractivity contribution >= 4 is 5.97 Å². The van der Waals surface area contributed by atoms with Crippen LogP contribution < -0.4 is 5.32 Å². The van der Waals surface area contributed by atoms with Crippen molar-refractivity contribution in [2.24, 2.45) is 5.92 Å². The van der Waals surface area contributed by atoms with Crippen LogP contribution in [0.2, 0.25) is 0 Å². The van der Waals surface area contributed by atoms with E-state index in [0.29, 0.717) is 12.5 Å².